The Bertz CT molecular complexity index is 1340. The molecule has 0 bridgehead atoms. The van der Waals surface area contributed by atoms with Crippen LogP contribution in [0.2, 0.25) is 0 Å². The summed E-state index contributed by atoms with van der Waals surface area (Å²) in [6.07, 6.45) is 8.76. The molecule has 3 unspecified atom stereocenters. The van der Waals surface area contributed by atoms with Crippen molar-refractivity contribution < 1.29 is 9.13 Å². The third kappa shape index (κ3) is 4.97. The Morgan fingerprint density at radius 3 is 2.92 bits per heavy atom. The molecule has 1 radical (unpaired) electrons. The van der Waals surface area contributed by atoms with Gasteiger partial charge in [0.2, 0.25) is 0 Å². The number of hydrogen-bond acceptors (Lipinski definition) is 5. The Hall–Kier alpha value is -2.96. The number of piperidine rings is 1. The molecule has 191 valence electrons. The number of aromatic nitrogens is 1. The number of rotatable bonds is 8. The summed E-state index contributed by atoms with van der Waals surface area (Å²) in [6, 6.07) is 14.9. The van der Waals surface area contributed by atoms with Crippen LogP contribution in [0.1, 0.15) is 41.9 Å². The van der Waals surface area contributed by atoms with Crippen LogP contribution in [-0.2, 0) is 6.54 Å². The topological polar surface area (TPSA) is 49.4 Å². The molecule has 2 fully saturated rings. The molecule has 5 nitrogen and oxygen atoms in total. The maximum atomic E-state index is 15.4. The maximum absolute atomic E-state index is 15.4. The molecular weight excluding hydrogens is 463 g/mol. The van der Waals surface area contributed by atoms with Gasteiger partial charge in [-0.25, -0.2) is 4.39 Å². The molecular formula is C31H34FN4O. The third-order valence-electron chi connectivity index (χ3n) is 8.38. The summed E-state index contributed by atoms with van der Waals surface area (Å²) < 4.78 is 21.1. The molecule has 2 aromatic carbocycles. The van der Waals surface area contributed by atoms with Gasteiger partial charge in [0.05, 0.1) is 11.2 Å². The number of hydrogen-bond donors (Lipinski definition) is 2. The minimum absolute atomic E-state index is 0.108. The highest BCUT2D eigenvalue weighted by Crippen LogP contribution is 2.45. The summed E-state index contributed by atoms with van der Waals surface area (Å²) in [5.74, 6) is 2.02. The third-order valence-corrected chi connectivity index (χ3v) is 8.38. The highest BCUT2D eigenvalue weighted by molar-refractivity contribution is 5.92. The molecule has 3 aromatic rings. The zero-order valence-electron chi connectivity index (χ0n) is 21.1. The van der Waals surface area contributed by atoms with Crippen LogP contribution in [-0.4, -0.2) is 54.9 Å². The van der Waals surface area contributed by atoms with E-state index < -0.39 is 6.17 Å². The van der Waals surface area contributed by atoms with Crippen molar-refractivity contribution in [2.24, 2.45) is 5.92 Å². The first-order chi connectivity index (χ1) is 18.2. The molecule has 1 saturated heterocycles. The van der Waals surface area contributed by atoms with Gasteiger partial charge < -0.3 is 15.4 Å². The number of halogens is 1. The number of likely N-dealkylation sites (tertiary alicyclic amines) is 1. The minimum atomic E-state index is -0.870. The van der Waals surface area contributed by atoms with E-state index in [1.807, 2.05) is 12.3 Å². The van der Waals surface area contributed by atoms with Crippen LogP contribution in [0, 0.1) is 12.3 Å². The summed E-state index contributed by atoms with van der Waals surface area (Å²) in [4.78, 5) is 7.11. The van der Waals surface area contributed by atoms with Crippen LogP contribution >= 0.6 is 0 Å². The van der Waals surface area contributed by atoms with E-state index in [4.69, 9.17) is 9.72 Å². The number of ether oxygens (including phenoxy) is 1. The Morgan fingerprint density at radius 2 is 2.08 bits per heavy atom. The molecule has 3 heterocycles. The number of alkyl halides is 1. The van der Waals surface area contributed by atoms with Gasteiger partial charge in [0.1, 0.15) is 18.5 Å². The van der Waals surface area contributed by atoms with Crippen LogP contribution < -0.4 is 15.4 Å². The van der Waals surface area contributed by atoms with Crippen LogP contribution in [0.15, 0.2) is 54.7 Å². The molecule has 0 spiro atoms. The summed E-state index contributed by atoms with van der Waals surface area (Å²) in [5, 5.41) is 8.14. The average Bonchev–Trinajstić information content (AvgIpc) is 3.84. The number of anilines is 1. The molecule has 6 heteroatoms. The van der Waals surface area contributed by atoms with E-state index in [1.54, 1.807) is 0 Å². The Kier molecular flexibility index (Phi) is 6.10. The monoisotopic (exact) mass is 497 g/mol. The number of fused-ring (bicyclic) bond motifs is 2. The first kappa shape index (κ1) is 23.2. The highest BCUT2D eigenvalue weighted by atomic mass is 19.1. The lowest BCUT2D eigenvalue weighted by Gasteiger charge is -2.37. The van der Waals surface area contributed by atoms with Crippen molar-refractivity contribution in [3.63, 3.8) is 0 Å². The Labute approximate surface area is 218 Å². The van der Waals surface area contributed by atoms with E-state index >= 15 is 4.39 Å². The predicted molar refractivity (Wildman–Crippen MR) is 146 cm³/mol. The first-order valence-corrected chi connectivity index (χ1v) is 13.7. The normalized spacial score (nSPS) is 24.1. The number of pyridine rings is 1. The van der Waals surface area contributed by atoms with Crippen molar-refractivity contribution in [2.75, 3.05) is 38.1 Å². The predicted octanol–water partition coefficient (Wildman–Crippen LogP) is 5.34. The number of nitrogens with zero attached hydrogens (tertiary/aromatic N) is 2. The average molecular weight is 498 g/mol. The van der Waals surface area contributed by atoms with Gasteiger partial charge in [-0.3, -0.25) is 9.88 Å². The van der Waals surface area contributed by atoms with Gasteiger partial charge in [0, 0.05) is 56.1 Å². The van der Waals surface area contributed by atoms with Gasteiger partial charge in [0.15, 0.2) is 0 Å². The fourth-order valence-electron chi connectivity index (χ4n) is 6.08. The first-order valence-electron chi connectivity index (χ1n) is 13.7. The van der Waals surface area contributed by atoms with E-state index in [9.17, 15) is 0 Å². The molecule has 2 aliphatic heterocycles. The second-order valence-electron chi connectivity index (χ2n) is 11.0. The molecule has 3 atom stereocenters. The Morgan fingerprint density at radius 1 is 1.16 bits per heavy atom. The molecule has 2 aliphatic carbocycles. The quantitative estimate of drug-likeness (QED) is 0.440. The van der Waals surface area contributed by atoms with Gasteiger partial charge in [-0.05, 0) is 78.3 Å². The Balaban J connectivity index is 1.01. The van der Waals surface area contributed by atoms with E-state index in [0.29, 0.717) is 31.5 Å². The number of allylic oxidation sites excluding steroid dienone is 2. The van der Waals surface area contributed by atoms with E-state index in [-0.39, 0.29) is 6.04 Å². The fraction of sp³-hybridized carbons (Fsp3) is 0.419. The fourth-order valence-corrected chi connectivity index (χ4v) is 6.08. The molecule has 2 N–H and O–H groups in total. The second-order valence-corrected chi connectivity index (χ2v) is 11.0. The van der Waals surface area contributed by atoms with Crippen molar-refractivity contribution in [3.05, 3.63) is 77.8 Å². The number of benzene rings is 2. The van der Waals surface area contributed by atoms with E-state index in [2.05, 4.69) is 64.4 Å². The van der Waals surface area contributed by atoms with Crippen LogP contribution in [0.5, 0.6) is 5.75 Å². The molecule has 37 heavy (non-hydrogen) atoms. The lowest BCUT2D eigenvalue weighted by atomic mass is 9.89. The second kappa shape index (κ2) is 9.73. The van der Waals surface area contributed by atoms with Crippen molar-refractivity contribution in [1.82, 2.24) is 15.2 Å². The maximum Gasteiger partial charge on any atom is 0.142 e. The molecule has 1 aromatic heterocycles. The van der Waals surface area contributed by atoms with Gasteiger partial charge in [0.25, 0.3) is 0 Å². The summed E-state index contributed by atoms with van der Waals surface area (Å²) in [6.45, 7) is 4.54. The van der Waals surface area contributed by atoms with E-state index in [1.165, 1.54) is 34.9 Å². The van der Waals surface area contributed by atoms with Gasteiger partial charge in [-0.15, -0.1) is 0 Å². The minimum Gasteiger partial charge on any atom is -0.490 e. The van der Waals surface area contributed by atoms with Gasteiger partial charge in [-0.1, -0.05) is 24.3 Å². The highest BCUT2D eigenvalue weighted by Gasteiger charge is 2.37. The summed E-state index contributed by atoms with van der Waals surface area (Å²) in [7, 11) is 0. The SMILES string of the molecule is FC1CN(CC(c2cccc3ncc(C4=C[CH]4)cc23)C2CC2)CCC1NCc1ccc2c(c1)NCCO2. The van der Waals surface area contributed by atoms with Crippen molar-refractivity contribution in [1.29, 1.82) is 0 Å². The zero-order chi connectivity index (χ0) is 24.8. The summed E-state index contributed by atoms with van der Waals surface area (Å²) in [5.41, 5.74) is 7.11. The molecule has 7 rings (SSSR count). The molecule has 0 amide bonds. The zero-order valence-corrected chi connectivity index (χ0v) is 21.1. The van der Waals surface area contributed by atoms with Gasteiger partial charge >= 0.3 is 0 Å². The van der Waals surface area contributed by atoms with Crippen LogP contribution in [0.25, 0.3) is 16.5 Å². The van der Waals surface area contributed by atoms with Crippen LogP contribution in [0.3, 0.4) is 0 Å². The lowest BCUT2D eigenvalue weighted by Crippen LogP contribution is -2.51. The molecule has 1 saturated carbocycles. The number of nitrogens with one attached hydrogen (secondary N) is 2. The lowest BCUT2D eigenvalue weighted by molar-refractivity contribution is 0.0963. The van der Waals surface area contributed by atoms with E-state index in [0.717, 1.165) is 48.6 Å². The van der Waals surface area contributed by atoms with Crippen molar-refractivity contribution in [3.8, 4) is 5.75 Å². The standard InChI is InChI=1S/C31H34FN4O/c32-27-19-36(12-10-29(27)34-16-20-4-9-31-30(14-20)33-11-13-37-31)18-26(22-7-8-22)24-2-1-3-28-25(24)15-23(17-35-28)21-5-6-21/h1-6,9,14-15,17,22,26-27,29,33-34H,7-8,10-13,16,18-19H2. The van der Waals surface area contributed by atoms with Crippen molar-refractivity contribution in [2.45, 2.75) is 43.9 Å². The molecule has 4 aliphatic rings. The van der Waals surface area contributed by atoms with Crippen LogP contribution in [0.4, 0.5) is 10.1 Å². The van der Waals surface area contributed by atoms with Gasteiger partial charge in [-0.2, -0.15) is 0 Å². The largest absolute Gasteiger partial charge is 0.490 e. The smallest absolute Gasteiger partial charge is 0.142 e. The summed E-state index contributed by atoms with van der Waals surface area (Å²) >= 11 is 0. The van der Waals surface area contributed by atoms with Crippen molar-refractivity contribution >= 4 is 22.2 Å².